The number of aliphatic hydroxyl groups excluding tert-OH is 1. The summed E-state index contributed by atoms with van der Waals surface area (Å²) >= 11 is 0. The number of hydrogen-bond donors (Lipinski definition) is 2. The second-order valence-corrected chi connectivity index (χ2v) is 3.75. The summed E-state index contributed by atoms with van der Waals surface area (Å²) in [6.45, 7) is 1.98. The Morgan fingerprint density at radius 1 is 1.53 bits per heavy atom. The van der Waals surface area contributed by atoms with Crippen LogP contribution in [0.15, 0.2) is 24.3 Å². The van der Waals surface area contributed by atoms with Crippen LogP contribution in [0.4, 0.5) is 0 Å². The van der Waals surface area contributed by atoms with Crippen LogP contribution in [0.5, 0.6) is 0 Å². The van der Waals surface area contributed by atoms with Gasteiger partial charge in [-0.3, -0.25) is 4.79 Å². The highest BCUT2D eigenvalue weighted by Crippen LogP contribution is 2.08. The lowest BCUT2D eigenvalue weighted by Crippen LogP contribution is -2.35. The van der Waals surface area contributed by atoms with Crippen LogP contribution in [0, 0.1) is 11.3 Å². The van der Waals surface area contributed by atoms with Crippen LogP contribution in [-0.4, -0.2) is 23.7 Å². The SMILES string of the molecule is CCC(CCO)NC(=O)c1ccccc1C#N. The summed E-state index contributed by atoms with van der Waals surface area (Å²) in [6.07, 6.45) is 1.28. The molecule has 0 saturated carbocycles. The van der Waals surface area contributed by atoms with Gasteiger partial charge in [0.15, 0.2) is 0 Å². The number of benzene rings is 1. The lowest BCUT2D eigenvalue weighted by molar-refractivity contribution is 0.0929. The highest BCUT2D eigenvalue weighted by molar-refractivity contribution is 5.96. The number of carbonyl (C=O) groups excluding carboxylic acids is 1. The summed E-state index contributed by atoms with van der Waals surface area (Å²) in [4.78, 5) is 11.9. The number of hydrogen-bond acceptors (Lipinski definition) is 3. The molecular weight excluding hydrogens is 216 g/mol. The van der Waals surface area contributed by atoms with Crippen molar-refractivity contribution in [1.82, 2.24) is 5.32 Å². The Kier molecular flexibility index (Phi) is 5.18. The fourth-order valence-corrected chi connectivity index (χ4v) is 1.58. The Bertz CT molecular complexity index is 424. The van der Waals surface area contributed by atoms with Gasteiger partial charge in [-0.2, -0.15) is 5.26 Å². The second kappa shape index (κ2) is 6.66. The number of amides is 1. The summed E-state index contributed by atoms with van der Waals surface area (Å²) in [6, 6.07) is 8.62. The highest BCUT2D eigenvalue weighted by atomic mass is 16.3. The van der Waals surface area contributed by atoms with Gasteiger partial charge in [-0.1, -0.05) is 19.1 Å². The number of nitrogens with one attached hydrogen (secondary N) is 1. The molecule has 90 valence electrons. The van der Waals surface area contributed by atoms with E-state index in [4.69, 9.17) is 10.4 Å². The van der Waals surface area contributed by atoms with Crippen molar-refractivity contribution in [2.45, 2.75) is 25.8 Å². The van der Waals surface area contributed by atoms with Crippen molar-refractivity contribution in [3.05, 3.63) is 35.4 Å². The molecule has 0 heterocycles. The summed E-state index contributed by atoms with van der Waals surface area (Å²) in [5.41, 5.74) is 0.746. The summed E-state index contributed by atoms with van der Waals surface area (Å²) in [5.74, 6) is -0.262. The van der Waals surface area contributed by atoms with Crippen LogP contribution >= 0.6 is 0 Å². The average Bonchev–Trinajstić information content (AvgIpc) is 2.38. The highest BCUT2D eigenvalue weighted by Gasteiger charge is 2.14. The maximum Gasteiger partial charge on any atom is 0.252 e. The van der Waals surface area contributed by atoms with Crippen molar-refractivity contribution in [3.8, 4) is 6.07 Å². The first-order valence-corrected chi connectivity index (χ1v) is 5.63. The molecule has 1 aromatic carbocycles. The maximum absolute atomic E-state index is 11.9. The first-order chi connectivity index (χ1) is 8.22. The molecule has 2 N–H and O–H groups in total. The van der Waals surface area contributed by atoms with Gasteiger partial charge in [-0.25, -0.2) is 0 Å². The van der Waals surface area contributed by atoms with E-state index >= 15 is 0 Å². The van der Waals surface area contributed by atoms with Gasteiger partial charge in [-0.05, 0) is 25.0 Å². The standard InChI is InChI=1S/C13H16N2O2/c1-2-11(7-8-16)15-13(17)12-6-4-3-5-10(12)9-14/h3-6,11,16H,2,7-8H2,1H3,(H,15,17). The van der Waals surface area contributed by atoms with E-state index in [9.17, 15) is 4.79 Å². The van der Waals surface area contributed by atoms with Gasteiger partial charge in [0.25, 0.3) is 5.91 Å². The predicted octanol–water partition coefficient (Wildman–Crippen LogP) is 1.45. The van der Waals surface area contributed by atoms with Crippen molar-refractivity contribution >= 4 is 5.91 Å². The van der Waals surface area contributed by atoms with Gasteiger partial charge in [0.1, 0.15) is 0 Å². The van der Waals surface area contributed by atoms with E-state index in [2.05, 4.69) is 5.32 Å². The van der Waals surface area contributed by atoms with Gasteiger partial charge in [0.05, 0.1) is 17.2 Å². The molecular formula is C13H16N2O2. The minimum absolute atomic E-state index is 0.0404. The van der Waals surface area contributed by atoms with Gasteiger partial charge < -0.3 is 10.4 Å². The van der Waals surface area contributed by atoms with Crippen LogP contribution in [0.1, 0.15) is 35.7 Å². The van der Waals surface area contributed by atoms with E-state index in [0.29, 0.717) is 17.5 Å². The Morgan fingerprint density at radius 3 is 2.82 bits per heavy atom. The predicted molar refractivity (Wildman–Crippen MR) is 64.4 cm³/mol. The molecule has 4 heteroatoms. The average molecular weight is 232 g/mol. The molecule has 0 aromatic heterocycles. The van der Waals surface area contributed by atoms with Crippen LogP contribution in [0.25, 0.3) is 0 Å². The molecule has 1 amide bonds. The fraction of sp³-hybridized carbons (Fsp3) is 0.385. The molecule has 1 unspecified atom stereocenters. The van der Waals surface area contributed by atoms with Crippen LogP contribution in [0.2, 0.25) is 0 Å². The Labute approximate surface area is 101 Å². The zero-order valence-electron chi connectivity index (χ0n) is 9.81. The van der Waals surface area contributed by atoms with E-state index in [1.807, 2.05) is 13.0 Å². The van der Waals surface area contributed by atoms with E-state index in [1.165, 1.54) is 0 Å². The Morgan fingerprint density at radius 2 is 2.24 bits per heavy atom. The van der Waals surface area contributed by atoms with Gasteiger partial charge in [0.2, 0.25) is 0 Å². The number of carbonyl (C=O) groups is 1. The van der Waals surface area contributed by atoms with Gasteiger partial charge in [-0.15, -0.1) is 0 Å². The summed E-state index contributed by atoms with van der Waals surface area (Å²) < 4.78 is 0. The van der Waals surface area contributed by atoms with E-state index in [-0.39, 0.29) is 18.6 Å². The smallest absolute Gasteiger partial charge is 0.252 e. The topological polar surface area (TPSA) is 73.1 Å². The van der Waals surface area contributed by atoms with Gasteiger partial charge in [0, 0.05) is 12.6 Å². The lowest BCUT2D eigenvalue weighted by atomic mass is 10.1. The molecule has 0 aliphatic heterocycles. The minimum Gasteiger partial charge on any atom is -0.396 e. The molecule has 0 spiro atoms. The summed E-state index contributed by atoms with van der Waals surface area (Å²) in [7, 11) is 0. The van der Waals surface area contributed by atoms with E-state index in [0.717, 1.165) is 6.42 Å². The number of nitrogens with zero attached hydrogens (tertiary/aromatic N) is 1. The number of aliphatic hydroxyl groups is 1. The third-order valence-electron chi connectivity index (χ3n) is 2.60. The fourth-order valence-electron chi connectivity index (χ4n) is 1.58. The molecule has 0 aliphatic carbocycles. The molecule has 0 bridgehead atoms. The van der Waals surface area contributed by atoms with E-state index in [1.54, 1.807) is 24.3 Å². The molecule has 17 heavy (non-hydrogen) atoms. The molecule has 0 aliphatic rings. The van der Waals surface area contributed by atoms with Crippen molar-refractivity contribution in [2.24, 2.45) is 0 Å². The molecule has 4 nitrogen and oxygen atoms in total. The first-order valence-electron chi connectivity index (χ1n) is 5.63. The third kappa shape index (κ3) is 3.58. The Hall–Kier alpha value is -1.86. The zero-order chi connectivity index (χ0) is 12.7. The lowest BCUT2D eigenvalue weighted by Gasteiger charge is -2.16. The third-order valence-corrected chi connectivity index (χ3v) is 2.60. The van der Waals surface area contributed by atoms with Crippen molar-refractivity contribution in [1.29, 1.82) is 5.26 Å². The van der Waals surface area contributed by atoms with Gasteiger partial charge >= 0.3 is 0 Å². The molecule has 0 fully saturated rings. The quantitative estimate of drug-likeness (QED) is 0.807. The van der Waals surface area contributed by atoms with Crippen LogP contribution in [-0.2, 0) is 0 Å². The van der Waals surface area contributed by atoms with Crippen molar-refractivity contribution < 1.29 is 9.90 Å². The Balaban J connectivity index is 2.79. The first kappa shape index (κ1) is 13.2. The van der Waals surface area contributed by atoms with E-state index < -0.39 is 0 Å². The monoisotopic (exact) mass is 232 g/mol. The molecule has 1 rings (SSSR count). The molecule has 1 atom stereocenters. The van der Waals surface area contributed by atoms with Crippen molar-refractivity contribution in [3.63, 3.8) is 0 Å². The molecule has 1 aromatic rings. The van der Waals surface area contributed by atoms with Crippen molar-refractivity contribution in [2.75, 3.05) is 6.61 Å². The maximum atomic E-state index is 11.9. The van der Waals surface area contributed by atoms with Crippen LogP contribution < -0.4 is 5.32 Å². The molecule has 0 saturated heterocycles. The minimum atomic E-state index is -0.262. The second-order valence-electron chi connectivity index (χ2n) is 3.75. The van der Waals surface area contributed by atoms with Crippen LogP contribution in [0.3, 0.4) is 0 Å². The normalized spacial score (nSPS) is 11.6. The molecule has 0 radical (unpaired) electrons. The number of rotatable bonds is 5. The largest absolute Gasteiger partial charge is 0.396 e. The summed E-state index contributed by atoms with van der Waals surface area (Å²) in [5, 5.41) is 20.5. The number of nitriles is 1. The zero-order valence-corrected chi connectivity index (χ0v) is 9.81.